The van der Waals surface area contributed by atoms with E-state index in [0.717, 1.165) is 55.4 Å². The van der Waals surface area contributed by atoms with E-state index < -0.39 is 0 Å². The third kappa shape index (κ3) is 3.83. The number of likely N-dealkylation sites (N-methyl/N-ethyl adjacent to an activating group) is 1. The first-order chi connectivity index (χ1) is 15.7. The monoisotopic (exact) mass is 426 g/mol. The zero-order valence-corrected chi connectivity index (χ0v) is 18.1. The van der Waals surface area contributed by atoms with Gasteiger partial charge in [-0.3, -0.25) is 4.79 Å². The molecule has 7 nitrogen and oxygen atoms in total. The molecule has 0 spiro atoms. The summed E-state index contributed by atoms with van der Waals surface area (Å²) < 4.78 is 1.72. The number of piperazine rings is 1. The van der Waals surface area contributed by atoms with Gasteiger partial charge in [0.15, 0.2) is 5.65 Å². The van der Waals surface area contributed by atoms with Crippen molar-refractivity contribution in [3.8, 4) is 11.3 Å². The predicted molar refractivity (Wildman–Crippen MR) is 127 cm³/mol. The first-order valence-electron chi connectivity index (χ1n) is 11.0. The van der Waals surface area contributed by atoms with Gasteiger partial charge in [0.1, 0.15) is 5.56 Å². The van der Waals surface area contributed by atoms with Crippen LogP contribution in [0.4, 0.5) is 11.4 Å². The Bertz CT molecular complexity index is 1230. The van der Waals surface area contributed by atoms with Gasteiger partial charge in [-0.1, -0.05) is 49.4 Å². The molecule has 7 heteroatoms. The number of fused-ring (bicyclic) bond motifs is 1. The minimum Gasteiger partial charge on any atom is -0.367 e. The highest BCUT2D eigenvalue weighted by Crippen LogP contribution is 2.28. The van der Waals surface area contributed by atoms with Crippen molar-refractivity contribution in [1.82, 2.24) is 19.5 Å². The number of nitrogens with one attached hydrogen (secondary N) is 1. The summed E-state index contributed by atoms with van der Waals surface area (Å²) in [5.41, 5.74) is 4.76. The summed E-state index contributed by atoms with van der Waals surface area (Å²) >= 11 is 0. The normalized spacial score (nSPS) is 14.6. The summed E-state index contributed by atoms with van der Waals surface area (Å²) in [7, 11) is 0. The van der Waals surface area contributed by atoms with Gasteiger partial charge in [-0.25, -0.2) is 9.50 Å². The molecule has 4 aromatic rings. The first-order valence-corrected chi connectivity index (χ1v) is 11.0. The Balaban J connectivity index is 1.42. The van der Waals surface area contributed by atoms with Crippen LogP contribution in [0.15, 0.2) is 73.1 Å². The third-order valence-corrected chi connectivity index (χ3v) is 6.03. The highest BCUT2D eigenvalue weighted by atomic mass is 16.1. The summed E-state index contributed by atoms with van der Waals surface area (Å²) in [5, 5.41) is 7.56. The molecule has 0 radical (unpaired) electrons. The van der Waals surface area contributed by atoms with E-state index in [1.807, 2.05) is 54.6 Å². The highest BCUT2D eigenvalue weighted by molar-refractivity contribution is 6.09. The van der Waals surface area contributed by atoms with Gasteiger partial charge in [-0.15, -0.1) is 0 Å². The van der Waals surface area contributed by atoms with Crippen LogP contribution in [0.5, 0.6) is 0 Å². The summed E-state index contributed by atoms with van der Waals surface area (Å²) in [4.78, 5) is 22.5. The molecular formula is C25H26N6O. The fourth-order valence-electron chi connectivity index (χ4n) is 4.23. The average molecular weight is 427 g/mol. The van der Waals surface area contributed by atoms with E-state index in [2.05, 4.69) is 38.2 Å². The third-order valence-electron chi connectivity index (χ3n) is 6.03. The van der Waals surface area contributed by atoms with Crippen molar-refractivity contribution in [3.63, 3.8) is 0 Å². The number of anilines is 2. The Labute approximate surface area is 187 Å². The van der Waals surface area contributed by atoms with Crippen LogP contribution in [-0.4, -0.2) is 58.1 Å². The molecule has 5 rings (SSSR count). The lowest BCUT2D eigenvalue weighted by Gasteiger charge is -2.36. The summed E-state index contributed by atoms with van der Waals surface area (Å²) in [6.45, 7) is 7.20. The summed E-state index contributed by atoms with van der Waals surface area (Å²) in [5.74, 6) is -0.211. The van der Waals surface area contributed by atoms with Crippen LogP contribution >= 0.6 is 0 Å². The van der Waals surface area contributed by atoms with Crippen molar-refractivity contribution >= 4 is 22.9 Å². The number of carbonyl (C=O) groups is 1. The number of hydrogen-bond acceptors (Lipinski definition) is 5. The molecule has 0 bridgehead atoms. The summed E-state index contributed by atoms with van der Waals surface area (Å²) in [6.07, 6.45) is 3.31. The van der Waals surface area contributed by atoms with Crippen molar-refractivity contribution in [3.05, 3.63) is 78.6 Å². The molecule has 1 N–H and O–H groups in total. The van der Waals surface area contributed by atoms with Gasteiger partial charge >= 0.3 is 0 Å². The van der Waals surface area contributed by atoms with Gasteiger partial charge in [-0.2, -0.15) is 5.10 Å². The molecular weight excluding hydrogens is 400 g/mol. The van der Waals surface area contributed by atoms with E-state index >= 15 is 0 Å². The van der Waals surface area contributed by atoms with E-state index in [1.54, 1.807) is 16.9 Å². The Morgan fingerprint density at radius 3 is 2.50 bits per heavy atom. The molecule has 0 saturated carbocycles. The minimum absolute atomic E-state index is 0.211. The maximum Gasteiger partial charge on any atom is 0.261 e. The molecule has 0 atom stereocenters. The number of benzene rings is 2. The Kier molecular flexibility index (Phi) is 5.56. The maximum atomic E-state index is 13.2. The Morgan fingerprint density at radius 1 is 0.969 bits per heavy atom. The predicted octanol–water partition coefficient (Wildman–Crippen LogP) is 3.79. The molecule has 1 saturated heterocycles. The van der Waals surface area contributed by atoms with Crippen LogP contribution < -0.4 is 10.2 Å². The molecule has 1 amide bonds. The second kappa shape index (κ2) is 8.80. The van der Waals surface area contributed by atoms with Gasteiger partial charge in [0.05, 0.1) is 23.3 Å². The van der Waals surface area contributed by atoms with E-state index in [-0.39, 0.29) is 5.91 Å². The molecule has 162 valence electrons. The molecule has 1 aliphatic heterocycles. The van der Waals surface area contributed by atoms with Crippen LogP contribution in [0.25, 0.3) is 16.9 Å². The van der Waals surface area contributed by atoms with Crippen LogP contribution in [0.3, 0.4) is 0 Å². The molecule has 1 fully saturated rings. The lowest BCUT2D eigenvalue weighted by atomic mass is 10.1. The number of rotatable bonds is 5. The zero-order valence-electron chi connectivity index (χ0n) is 18.1. The fraction of sp³-hybridized carbons (Fsp3) is 0.240. The fourth-order valence-corrected chi connectivity index (χ4v) is 4.23. The van der Waals surface area contributed by atoms with Crippen LogP contribution in [-0.2, 0) is 0 Å². The van der Waals surface area contributed by atoms with E-state index in [4.69, 9.17) is 0 Å². The quantitative estimate of drug-likeness (QED) is 0.526. The lowest BCUT2D eigenvalue weighted by Crippen LogP contribution is -2.46. The van der Waals surface area contributed by atoms with Crippen LogP contribution in [0.2, 0.25) is 0 Å². The van der Waals surface area contributed by atoms with Crippen molar-refractivity contribution in [2.24, 2.45) is 0 Å². The van der Waals surface area contributed by atoms with Gasteiger partial charge in [0.25, 0.3) is 5.91 Å². The van der Waals surface area contributed by atoms with Gasteiger partial charge in [-0.05, 0) is 24.7 Å². The van der Waals surface area contributed by atoms with E-state index in [1.165, 1.54) is 0 Å². The number of para-hydroxylation sites is 2. The topological polar surface area (TPSA) is 65.8 Å². The number of carbonyl (C=O) groups excluding carboxylic acids is 1. The Morgan fingerprint density at radius 2 is 1.72 bits per heavy atom. The molecule has 1 aliphatic rings. The zero-order chi connectivity index (χ0) is 21.9. The second-order valence-corrected chi connectivity index (χ2v) is 7.88. The number of aromatic nitrogens is 3. The van der Waals surface area contributed by atoms with Crippen molar-refractivity contribution < 1.29 is 4.79 Å². The van der Waals surface area contributed by atoms with Crippen LogP contribution in [0, 0.1) is 0 Å². The minimum atomic E-state index is -0.211. The number of amides is 1. The highest BCUT2D eigenvalue weighted by Gasteiger charge is 2.21. The van der Waals surface area contributed by atoms with Crippen LogP contribution in [0.1, 0.15) is 17.3 Å². The van der Waals surface area contributed by atoms with Gasteiger partial charge in [0.2, 0.25) is 0 Å². The van der Waals surface area contributed by atoms with Crippen molar-refractivity contribution in [1.29, 1.82) is 0 Å². The number of nitrogens with zero attached hydrogens (tertiary/aromatic N) is 5. The van der Waals surface area contributed by atoms with Crippen molar-refractivity contribution in [2.45, 2.75) is 6.92 Å². The van der Waals surface area contributed by atoms with E-state index in [9.17, 15) is 4.79 Å². The van der Waals surface area contributed by atoms with E-state index in [0.29, 0.717) is 11.2 Å². The maximum absolute atomic E-state index is 13.2. The standard InChI is InChI=1S/C25H26N6O/c1-2-29-14-16-30(17-15-29)23-11-7-6-10-21(23)28-25(32)20-18-27-31-22(12-13-26-24(20)31)19-8-4-3-5-9-19/h3-13,18H,2,14-17H2,1H3,(H,28,32). The lowest BCUT2D eigenvalue weighted by molar-refractivity contribution is 0.102. The van der Waals surface area contributed by atoms with Gasteiger partial charge < -0.3 is 15.1 Å². The SMILES string of the molecule is CCN1CCN(c2ccccc2NC(=O)c2cnn3c(-c4ccccc4)ccnc23)CC1. The molecule has 32 heavy (non-hydrogen) atoms. The average Bonchev–Trinajstić information content (AvgIpc) is 3.29. The second-order valence-electron chi connectivity index (χ2n) is 7.88. The molecule has 0 aliphatic carbocycles. The molecule has 2 aromatic carbocycles. The first kappa shape index (κ1) is 20.2. The number of hydrogen-bond donors (Lipinski definition) is 1. The molecule has 0 unspecified atom stereocenters. The van der Waals surface area contributed by atoms with Gasteiger partial charge in [0, 0.05) is 37.9 Å². The van der Waals surface area contributed by atoms with Crippen molar-refractivity contribution in [2.75, 3.05) is 42.9 Å². The largest absolute Gasteiger partial charge is 0.367 e. The Hall–Kier alpha value is -3.71. The molecule has 2 aromatic heterocycles. The molecule has 3 heterocycles. The summed E-state index contributed by atoms with van der Waals surface area (Å²) in [6, 6.07) is 19.9. The smallest absolute Gasteiger partial charge is 0.261 e.